The quantitative estimate of drug-likeness (QED) is 0.587. The van der Waals surface area contributed by atoms with E-state index in [1.807, 2.05) is 0 Å². The van der Waals surface area contributed by atoms with Crippen molar-refractivity contribution in [3.05, 3.63) is 53.5 Å². The van der Waals surface area contributed by atoms with Crippen molar-refractivity contribution in [2.24, 2.45) is 0 Å². The number of hydrogen-bond acceptors (Lipinski definition) is 8. The van der Waals surface area contributed by atoms with Crippen molar-refractivity contribution >= 4 is 43.6 Å². The van der Waals surface area contributed by atoms with Crippen LogP contribution in [0.4, 0.5) is 16.5 Å². The number of carbonyl (C=O) groups excluding carboxylic acids is 1. The van der Waals surface area contributed by atoms with E-state index in [0.29, 0.717) is 28.0 Å². The molecule has 29 heavy (non-hydrogen) atoms. The van der Waals surface area contributed by atoms with Crippen molar-refractivity contribution in [1.29, 1.82) is 0 Å². The maximum atomic E-state index is 12.5. The molecule has 0 spiro atoms. The lowest BCUT2D eigenvalue weighted by atomic mass is 10.2. The van der Waals surface area contributed by atoms with Crippen LogP contribution in [0.25, 0.3) is 0 Å². The number of hydrogen-bond donors (Lipinski definition) is 2. The summed E-state index contributed by atoms with van der Waals surface area (Å²) in [4.78, 5) is 17.0. The van der Waals surface area contributed by atoms with Crippen LogP contribution < -0.4 is 20.1 Å². The van der Waals surface area contributed by atoms with Gasteiger partial charge in [-0.3, -0.25) is 4.79 Å². The van der Waals surface area contributed by atoms with Gasteiger partial charge in [-0.25, -0.2) is 13.4 Å². The third kappa shape index (κ3) is 5.04. The van der Waals surface area contributed by atoms with Gasteiger partial charge in [0.25, 0.3) is 5.91 Å². The minimum atomic E-state index is -3.25. The molecule has 3 rings (SSSR count). The number of rotatable bonds is 7. The Bertz CT molecular complexity index is 1130. The number of sulfone groups is 1. The molecule has 0 bridgehead atoms. The molecule has 0 aliphatic rings. The van der Waals surface area contributed by atoms with E-state index in [0.717, 1.165) is 6.26 Å². The molecule has 2 aromatic carbocycles. The Morgan fingerprint density at radius 3 is 2.41 bits per heavy atom. The first kappa shape index (κ1) is 20.6. The largest absolute Gasteiger partial charge is 0.497 e. The number of nitrogens with zero attached hydrogens (tertiary/aromatic N) is 1. The van der Waals surface area contributed by atoms with Gasteiger partial charge in [0, 0.05) is 23.4 Å². The van der Waals surface area contributed by atoms with Gasteiger partial charge < -0.3 is 20.1 Å². The van der Waals surface area contributed by atoms with Gasteiger partial charge in [0.1, 0.15) is 17.2 Å². The van der Waals surface area contributed by atoms with Gasteiger partial charge in [0.15, 0.2) is 15.0 Å². The van der Waals surface area contributed by atoms with Crippen molar-refractivity contribution < 1.29 is 22.7 Å². The molecule has 1 amide bonds. The Kier molecular flexibility index (Phi) is 6.04. The van der Waals surface area contributed by atoms with Crippen LogP contribution in [0.2, 0.25) is 0 Å². The van der Waals surface area contributed by atoms with E-state index in [9.17, 15) is 13.2 Å². The molecule has 0 aliphatic carbocycles. The number of amides is 1. The van der Waals surface area contributed by atoms with E-state index in [2.05, 4.69) is 15.6 Å². The summed E-state index contributed by atoms with van der Waals surface area (Å²) < 4.78 is 33.5. The molecule has 3 aromatic rings. The van der Waals surface area contributed by atoms with Gasteiger partial charge in [0.05, 0.1) is 24.8 Å². The Labute approximate surface area is 172 Å². The number of anilines is 3. The van der Waals surface area contributed by atoms with Gasteiger partial charge in [0.2, 0.25) is 0 Å². The predicted octanol–water partition coefficient (Wildman–Crippen LogP) is 3.56. The molecule has 0 saturated carbocycles. The number of methoxy groups -OCH3 is 2. The molecule has 0 aliphatic heterocycles. The van der Waals surface area contributed by atoms with Gasteiger partial charge in [-0.2, -0.15) is 0 Å². The van der Waals surface area contributed by atoms with Crippen LogP contribution in [0.15, 0.2) is 52.7 Å². The highest BCUT2D eigenvalue weighted by Crippen LogP contribution is 2.30. The van der Waals surface area contributed by atoms with Crippen LogP contribution >= 0.6 is 11.3 Å². The van der Waals surface area contributed by atoms with Gasteiger partial charge in [-0.15, -0.1) is 11.3 Å². The third-order valence-electron chi connectivity index (χ3n) is 3.93. The second-order valence-corrected chi connectivity index (χ2v) is 8.85. The maximum absolute atomic E-state index is 12.5. The average Bonchev–Trinajstić information content (AvgIpc) is 3.16. The summed E-state index contributed by atoms with van der Waals surface area (Å²) in [6, 6.07) is 11.4. The zero-order valence-corrected chi connectivity index (χ0v) is 17.6. The molecule has 0 saturated heterocycles. The van der Waals surface area contributed by atoms with Crippen LogP contribution in [-0.4, -0.2) is 39.8 Å². The van der Waals surface area contributed by atoms with Crippen LogP contribution in [-0.2, 0) is 9.84 Å². The SMILES string of the molecule is COc1ccc(NC(=O)c2csc(Nc3ccc(S(C)(=O)=O)cc3)n2)c(OC)c1. The lowest BCUT2D eigenvalue weighted by Gasteiger charge is -2.10. The lowest BCUT2D eigenvalue weighted by Crippen LogP contribution is -2.13. The second-order valence-electron chi connectivity index (χ2n) is 5.98. The van der Waals surface area contributed by atoms with Crippen LogP contribution in [0.5, 0.6) is 11.5 Å². The van der Waals surface area contributed by atoms with Crippen molar-refractivity contribution in [2.45, 2.75) is 4.90 Å². The van der Waals surface area contributed by atoms with Crippen molar-refractivity contribution in [2.75, 3.05) is 31.1 Å². The van der Waals surface area contributed by atoms with Gasteiger partial charge in [-0.05, 0) is 36.4 Å². The van der Waals surface area contributed by atoms with Crippen LogP contribution in [0.3, 0.4) is 0 Å². The summed E-state index contributed by atoms with van der Waals surface area (Å²) in [5, 5.41) is 7.94. The predicted molar refractivity (Wildman–Crippen MR) is 112 cm³/mol. The zero-order valence-electron chi connectivity index (χ0n) is 15.9. The number of nitrogens with one attached hydrogen (secondary N) is 2. The second kappa shape index (κ2) is 8.50. The summed E-state index contributed by atoms with van der Waals surface area (Å²) in [5.74, 6) is 0.698. The van der Waals surface area contributed by atoms with Gasteiger partial charge >= 0.3 is 0 Å². The summed E-state index contributed by atoms with van der Waals surface area (Å²) in [6.45, 7) is 0. The first-order valence-electron chi connectivity index (χ1n) is 8.36. The van der Waals surface area contributed by atoms with Crippen LogP contribution in [0.1, 0.15) is 10.5 Å². The molecule has 0 radical (unpaired) electrons. The Morgan fingerprint density at radius 2 is 1.79 bits per heavy atom. The minimum Gasteiger partial charge on any atom is -0.497 e. The minimum absolute atomic E-state index is 0.232. The molecule has 1 aromatic heterocycles. The molecule has 10 heteroatoms. The first-order valence-corrected chi connectivity index (χ1v) is 11.1. The highest BCUT2D eigenvalue weighted by Gasteiger charge is 2.14. The maximum Gasteiger partial charge on any atom is 0.275 e. The number of aromatic nitrogens is 1. The van der Waals surface area contributed by atoms with Crippen molar-refractivity contribution in [1.82, 2.24) is 4.98 Å². The van der Waals surface area contributed by atoms with Crippen molar-refractivity contribution in [3.63, 3.8) is 0 Å². The first-order chi connectivity index (χ1) is 13.8. The standard InChI is InChI=1S/C19H19N3O5S2/c1-26-13-6-9-15(17(10-13)27-2)21-18(23)16-11-28-19(22-16)20-12-4-7-14(8-5-12)29(3,24)25/h4-11H,1-3H3,(H,20,22)(H,21,23). The van der Waals surface area contributed by atoms with E-state index in [4.69, 9.17) is 9.47 Å². The number of ether oxygens (including phenoxy) is 2. The Hall–Kier alpha value is -3.11. The fourth-order valence-electron chi connectivity index (χ4n) is 2.43. The Balaban J connectivity index is 1.70. The number of carbonyl (C=O) groups is 1. The lowest BCUT2D eigenvalue weighted by molar-refractivity contribution is 0.102. The third-order valence-corrected chi connectivity index (χ3v) is 5.81. The fraction of sp³-hybridized carbons (Fsp3) is 0.158. The molecule has 0 fully saturated rings. The highest BCUT2D eigenvalue weighted by molar-refractivity contribution is 7.90. The molecule has 8 nitrogen and oxygen atoms in total. The highest BCUT2D eigenvalue weighted by atomic mass is 32.2. The molecular weight excluding hydrogens is 414 g/mol. The van der Waals surface area contributed by atoms with E-state index < -0.39 is 9.84 Å². The van der Waals surface area contributed by atoms with Crippen LogP contribution in [0, 0.1) is 0 Å². The van der Waals surface area contributed by atoms with E-state index in [1.165, 1.54) is 30.6 Å². The monoisotopic (exact) mass is 433 g/mol. The van der Waals surface area contributed by atoms with E-state index >= 15 is 0 Å². The fourth-order valence-corrected chi connectivity index (χ4v) is 3.77. The zero-order chi connectivity index (χ0) is 21.0. The molecule has 1 heterocycles. The molecular formula is C19H19N3O5S2. The van der Waals surface area contributed by atoms with E-state index in [-0.39, 0.29) is 16.5 Å². The number of benzene rings is 2. The molecule has 0 atom stereocenters. The average molecular weight is 434 g/mol. The summed E-state index contributed by atoms with van der Waals surface area (Å²) >= 11 is 1.26. The van der Waals surface area contributed by atoms with E-state index in [1.54, 1.807) is 42.8 Å². The Morgan fingerprint density at radius 1 is 1.07 bits per heavy atom. The number of thiazole rings is 1. The molecule has 2 N–H and O–H groups in total. The molecule has 0 unspecified atom stereocenters. The normalized spacial score (nSPS) is 11.0. The van der Waals surface area contributed by atoms with Crippen molar-refractivity contribution in [3.8, 4) is 11.5 Å². The smallest absolute Gasteiger partial charge is 0.275 e. The summed E-state index contributed by atoms with van der Waals surface area (Å²) in [6.07, 6.45) is 1.15. The summed E-state index contributed by atoms with van der Waals surface area (Å²) in [5.41, 5.74) is 1.40. The molecule has 152 valence electrons. The topological polar surface area (TPSA) is 107 Å². The summed E-state index contributed by atoms with van der Waals surface area (Å²) in [7, 11) is -0.200. The van der Waals surface area contributed by atoms with Gasteiger partial charge in [-0.1, -0.05) is 0 Å².